The van der Waals surface area contributed by atoms with Crippen molar-refractivity contribution in [1.29, 1.82) is 0 Å². The Kier molecular flexibility index (Phi) is 4.19. The summed E-state index contributed by atoms with van der Waals surface area (Å²) in [4.78, 5) is 25.2. The molecule has 1 saturated heterocycles. The molecule has 1 amide bonds. The Bertz CT molecular complexity index is 573. The summed E-state index contributed by atoms with van der Waals surface area (Å²) in [6.45, 7) is 0.533. The second kappa shape index (κ2) is 6.10. The SMILES string of the molecule is O=C(O)C1CSCCN1C(=O)Cc1ccc2c(c1)CCC2. The van der Waals surface area contributed by atoms with Crippen molar-refractivity contribution in [2.75, 3.05) is 18.1 Å². The van der Waals surface area contributed by atoms with Gasteiger partial charge in [-0.3, -0.25) is 4.79 Å². The van der Waals surface area contributed by atoms with Crippen molar-refractivity contribution >= 4 is 23.6 Å². The van der Waals surface area contributed by atoms with Gasteiger partial charge in [-0.05, 0) is 36.0 Å². The van der Waals surface area contributed by atoms with Crippen LogP contribution >= 0.6 is 11.8 Å². The van der Waals surface area contributed by atoms with E-state index < -0.39 is 12.0 Å². The van der Waals surface area contributed by atoms with Crippen molar-refractivity contribution in [3.05, 3.63) is 34.9 Å². The highest BCUT2D eigenvalue weighted by Crippen LogP contribution is 2.24. The largest absolute Gasteiger partial charge is 0.480 e. The first-order valence-electron chi connectivity index (χ1n) is 7.36. The Labute approximate surface area is 128 Å². The van der Waals surface area contributed by atoms with Crippen LogP contribution in [-0.4, -0.2) is 46.0 Å². The monoisotopic (exact) mass is 305 g/mol. The lowest BCUT2D eigenvalue weighted by Crippen LogP contribution is -2.50. The van der Waals surface area contributed by atoms with E-state index in [1.54, 1.807) is 11.8 Å². The van der Waals surface area contributed by atoms with Crippen molar-refractivity contribution in [3.8, 4) is 0 Å². The lowest BCUT2D eigenvalue weighted by atomic mass is 10.0. The van der Waals surface area contributed by atoms with Crippen LogP contribution in [0.25, 0.3) is 0 Å². The summed E-state index contributed by atoms with van der Waals surface area (Å²) in [6, 6.07) is 5.57. The Morgan fingerprint density at radius 1 is 1.29 bits per heavy atom. The van der Waals surface area contributed by atoms with Gasteiger partial charge in [-0.1, -0.05) is 18.2 Å². The van der Waals surface area contributed by atoms with Gasteiger partial charge in [0.25, 0.3) is 0 Å². The third-order valence-corrected chi connectivity index (χ3v) is 5.27. The first-order valence-corrected chi connectivity index (χ1v) is 8.51. The molecule has 1 aliphatic carbocycles. The number of aliphatic carboxylic acids is 1. The van der Waals surface area contributed by atoms with Gasteiger partial charge < -0.3 is 10.0 Å². The van der Waals surface area contributed by atoms with E-state index >= 15 is 0 Å². The van der Waals surface area contributed by atoms with Crippen LogP contribution in [0.3, 0.4) is 0 Å². The maximum absolute atomic E-state index is 12.4. The summed E-state index contributed by atoms with van der Waals surface area (Å²) in [5.74, 6) is 0.343. The highest BCUT2D eigenvalue weighted by atomic mass is 32.2. The van der Waals surface area contributed by atoms with Gasteiger partial charge in [0, 0.05) is 18.1 Å². The summed E-state index contributed by atoms with van der Waals surface area (Å²) in [7, 11) is 0. The third-order valence-electron chi connectivity index (χ3n) is 4.25. The molecule has 1 aliphatic heterocycles. The second-order valence-corrected chi connectivity index (χ2v) is 6.80. The Morgan fingerprint density at radius 2 is 2.10 bits per heavy atom. The smallest absolute Gasteiger partial charge is 0.327 e. The van der Waals surface area contributed by atoms with Crippen LogP contribution in [0, 0.1) is 0 Å². The number of carbonyl (C=O) groups excluding carboxylic acids is 1. The molecule has 0 spiro atoms. The molecule has 1 fully saturated rings. The molecule has 1 heterocycles. The molecule has 1 unspecified atom stereocenters. The standard InChI is InChI=1S/C16H19NO3S/c18-15(17-6-7-21-10-14(17)16(19)20)9-11-4-5-12-2-1-3-13(12)8-11/h4-5,8,14H,1-3,6-7,9-10H2,(H,19,20). The highest BCUT2D eigenvalue weighted by molar-refractivity contribution is 7.99. The van der Waals surface area contributed by atoms with E-state index in [1.165, 1.54) is 22.4 Å². The van der Waals surface area contributed by atoms with E-state index in [2.05, 4.69) is 12.1 Å². The number of amides is 1. The van der Waals surface area contributed by atoms with Gasteiger partial charge in [-0.2, -0.15) is 11.8 Å². The minimum Gasteiger partial charge on any atom is -0.480 e. The molecule has 1 atom stereocenters. The lowest BCUT2D eigenvalue weighted by molar-refractivity contribution is -0.148. The van der Waals surface area contributed by atoms with Crippen molar-refractivity contribution in [1.82, 2.24) is 4.90 Å². The average molecular weight is 305 g/mol. The van der Waals surface area contributed by atoms with E-state index in [0.717, 1.165) is 24.2 Å². The number of fused-ring (bicyclic) bond motifs is 1. The quantitative estimate of drug-likeness (QED) is 0.924. The minimum absolute atomic E-state index is 0.0688. The number of carbonyl (C=O) groups is 2. The van der Waals surface area contributed by atoms with E-state index in [4.69, 9.17) is 0 Å². The van der Waals surface area contributed by atoms with Gasteiger partial charge in [0.15, 0.2) is 0 Å². The Balaban J connectivity index is 1.71. The topological polar surface area (TPSA) is 57.6 Å². The summed E-state index contributed by atoms with van der Waals surface area (Å²) in [5.41, 5.74) is 3.75. The number of thioether (sulfide) groups is 1. The van der Waals surface area contributed by atoms with Gasteiger partial charge in [-0.25, -0.2) is 4.79 Å². The summed E-state index contributed by atoms with van der Waals surface area (Å²) < 4.78 is 0. The van der Waals surface area contributed by atoms with Crippen molar-refractivity contribution in [2.24, 2.45) is 0 Å². The van der Waals surface area contributed by atoms with E-state index in [0.29, 0.717) is 18.7 Å². The molecule has 4 nitrogen and oxygen atoms in total. The number of benzene rings is 1. The molecular weight excluding hydrogens is 286 g/mol. The predicted molar refractivity (Wildman–Crippen MR) is 82.6 cm³/mol. The number of carboxylic acid groups (broad SMARTS) is 1. The van der Waals surface area contributed by atoms with Crippen molar-refractivity contribution in [3.63, 3.8) is 0 Å². The minimum atomic E-state index is -0.899. The zero-order chi connectivity index (χ0) is 14.8. The maximum Gasteiger partial charge on any atom is 0.327 e. The summed E-state index contributed by atoms with van der Waals surface area (Å²) >= 11 is 1.60. The molecule has 1 aromatic rings. The van der Waals surface area contributed by atoms with Crippen LogP contribution in [0.1, 0.15) is 23.1 Å². The Morgan fingerprint density at radius 3 is 2.90 bits per heavy atom. The van der Waals surface area contributed by atoms with E-state index in [1.807, 2.05) is 6.07 Å². The molecular formula is C16H19NO3S. The number of nitrogens with zero attached hydrogens (tertiary/aromatic N) is 1. The number of hydrogen-bond donors (Lipinski definition) is 1. The van der Waals surface area contributed by atoms with Crippen LogP contribution in [0.15, 0.2) is 18.2 Å². The maximum atomic E-state index is 12.4. The molecule has 5 heteroatoms. The molecule has 0 aromatic heterocycles. The molecule has 3 rings (SSSR count). The fraction of sp³-hybridized carbons (Fsp3) is 0.500. The van der Waals surface area contributed by atoms with Gasteiger partial charge in [0.1, 0.15) is 6.04 Å². The second-order valence-electron chi connectivity index (χ2n) is 5.65. The van der Waals surface area contributed by atoms with Crippen LogP contribution in [0.4, 0.5) is 0 Å². The van der Waals surface area contributed by atoms with Crippen LogP contribution in [0.2, 0.25) is 0 Å². The lowest BCUT2D eigenvalue weighted by Gasteiger charge is -2.32. The van der Waals surface area contributed by atoms with E-state index in [-0.39, 0.29) is 5.91 Å². The highest BCUT2D eigenvalue weighted by Gasteiger charge is 2.32. The zero-order valence-electron chi connectivity index (χ0n) is 11.9. The molecule has 112 valence electrons. The molecule has 1 aromatic carbocycles. The molecule has 0 saturated carbocycles. The van der Waals surface area contributed by atoms with Crippen LogP contribution < -0.4 is 0 Å². The normalized spacial score (nSPS) is 21.1. The predicted octanol–water partition coefficient (Wildman–Crippen LogP) is 1.75. The van der Waals surface area contributed by atoms with E-state index in [9.17, 15) is 14.7 Å². The molecule has 1 N–H and O–H groups in total. The first-order chi connectivity index (χ1) is 10.1. The Hall–Kier alpha value is -1.49. The fourth-order valence-corrected chi connectivity index (χ4v) is 4.16. The number of hydrogen-bond acceptors (Lipinski definition) is 3. The number of carboxylic acids is 1. The number of aryl methyl sites for hydroxylation is 2. The number of rotatable bonds is 3. The van der Waals surface area contributed by atoms with Gasteiger partial charge >= 0.3 is 5.97 Å². The molecule has 0 bridgehead atoms. The van der Waals surface area contributed by atoms with Gasteiger partial charge in [0.05, 0.1) is 6.42 Å². The van der Waals surface area contributed by atoms with Crippen LogP contribution in [0.5, 0.6) is 0 Å². The van der Waals surface area contributed by atoms with Gasteiger partial charge in [-0.15, -0.1) is 0 Å². The van der Waals surface area contributed by atoms with Crippen molar-refractivity contribution in [2.45, 2.75) is 31.7 Å². The first kappa shape index (κ1) is 14.4. The van der Waals surface area contributed by atoms with Gasteiger partial charge in [0.2, 0.25) is 5.91 Å². The molecule has 0 radical (unpaired) electrons. The molecule has 2 aliphatic rings. The average Bonchev–Trinajstić information content (AvgIpc) is 2.94. The zero-order valence-corrected chi connectivity index (χ0v) is 12.7. The van der Waals surface area contributed by atoms with Crippen molar-refractivity contribution < 1.29 is 14.7 Å². The third kappa shape index (κ3) is 3.07. The fourth-order valence-electron chi connectivity index (χ4n) is 3.12. The molecule has 21 heavy (non-hydrogen) atoms. The summed E-state index contributed by atoms with van der Waals surface area (Å²) in [6.07, 6.45) is 3.72. The van der Waals surface area contributed by atoms with Crippen LogP contribution in [-0.2, 0) is 28.9 Å². The summed E-state index contributed by atoms with van der Waals surface area (Å²) in [5, 5.41) is 9.24.